The number of nitrogens with one attached hydrogen (secondary N) is 1. The number of hydrogen-bond acceptors (Lipinski definition) is 6. The number of aromatic nitrogens is 5. The van der Waals surface area contributed by atoms with Gasteiger partial charge in [0.05, 0.1) is 6.61 Å². The molecule has 24 heavy (non-hydrogen) atoms. The highest BCUT2D eigenvalue weighted by Crippen LogP contribution is 2.20. The molecule has 0 amide bonds. The molecule has 2 aromatic rings. The summed E-state index contributed by atoms with van der Waals surface area (Å²) in [4.78, 5) is 30.5. The fourth-order valence-electron chi connectivity index (χ4n) is 2.77. The zero-order valence-electron chi connectivity index (χ0n) is 14.2. The molecule has 2 aromatic heterocycles. The van der Waals surface area contributed by atoms with E-state index in [2.05, 4.69) is 20.1 Å². The van der Waals surface area contributed by atoms with Gasteiger partial charge in [-0.05, 0) is 0 Å². The molecule has 0 bridgehead atoms. The van der Waals surface area contributed by atoms with Crippen molar-refractivity contribution in [3.8, 4) is 0 Å². The molecule has 1 unspecified atom stereocenters. The number of aromatic amines is 1. The van der Waals surface area contributed by atoms with Crippen LogP contribution < -0.4 is 11.2 Å². The number of rotatable bonds is 4. The van der Waals surface area contributed by atoms with Gasteiger partial charge in [-0.25, -0.2) is 9.78 Å². The lowest BCUT2D eigenvalue weighted by Gasteiger charge is -2.31. The highest BCUT2D eigenvalue weighted by Gasteiger charge is 2.26. The molecule has 0 spiro atoms. The largest absolute Gasteiger partial charge is 0.367 e. The minimum Gasteiger partial charge on any atom is -0.367 e. The maximum atomic E-state index is 12.0. The topological polar surface area (TPSA) is 98.0 Å². The average molecular weight is 334 g/mol. The predicted molar refractivity (Wildman–Crippen MR) is 86.7 cm³/mol. The Bertz CT molecular complexity index is 836. The Morgan fingerprint density at radius 1 is 1.33 bits per heavy atom. The molecule has 0 radical (unpaired) electrons. The number of morpholine rings is 1. The zero-order chi connectivity index (χ0) is 17.3. The molecule has 1 aliphatic heterocycles. The van der Waals surface area contributed by atoms with Crippen LogP contribution in [0.25, 0.3) is 0 Å². The molecule has 0 aliphatic carbocycles. The third-order valence-electron chi connectivity index (χ3n) is 4.33. The van der Waals surface area contributed by atoms with Crippen molar-refractivity contribution in [3.63, 3.8) is 0 Å². The van der Waals surface area contributed by atoms with E-state index in [-0.39, 0.29) is 17.4 Å². The summed E-state index contributed by atoms with van der Waals surface area (Å²) in [7, 11) is 3.16. The van der Waals surface area contributed by atoms with E-state index in [1.807, 2.05) is 6.92 Å². The highest BCUT2D eigenvalue weighted by molar-refractivity contribution is 5.03. The van der Waals surface area contributed by atoms with Crippen molar-refractivity contribution in [1.82, 2.24) is 29.2 Å². The number of hydrogen-bond donors (Lipinski definition) is 1. The minimum atomic E-state index is -0.316. The van der Waals surface area contributed by atoms with Gasteiger partial charge in [-0.3, -0.25) is 23.9 Å². The summed E-state index contributed by atoms with van der Waals surface area (Å²) in [6, 6.07) is 1.51. The van der Waals surface area contributed by atoms with Crippen molar-refractivity contribution in [2.45, 2.75) is 26.0 Å². The normalized spacial score (nSPS) is 18.9. The zero-order valence-corrected chi connectivity index (χ0v) is 14.2. The van der Waals surface area contributed by atoms with Gasteiger partial charge in [-0.2, -0.15) is 5.10 Å². The van der Waals surface area contributed by atoms with Gasteiger partial charge < -0.3 is 4.74 Å². The van der Waals surface area contributed by atoms with Gasteiger partial charge in [-0.1, -0.05) is 6.92 Å². The first-order valence-corrected chi connectivity index (χ1v) is 8.00. The molecule has 1 aliphatic rings. The summed E-state index contributed by atoms with van der Waals surface area (Å²) in [5, 5.41) is 7.11. The average Bonchev–Trinajstić information content (AvgIpc) is 3.07. The molecular formula is C15H22N6O3. The van der Waals surface area contributed by atoms with Crippen molar-refractivity contribution in [1.29, 1.82) is 0 Å². The molecule has 1 N–H and O–H groups in total. The van der Waals surface area contributed by atoms with Crippen LogP contribution in [0.2, 0.25) is 0 Å². The van der Waals surface area contributed by atoms with Crippen molar-refractivity contribution < 1.29 is 4.74 Å². The summed E-state index contributed by atoms with van der Waals surface area (Å²) in [5.74, 6) is 1.48. The van der Waals surface area contributed by atoms with E-state index in [1.165, 1.54) is 17.7 Å². The van der Waals surface area contributed by atoms with E-state index in [0.29, 0.717) is 31.2 Å². The molecular weight excluding hydrogens is 312 g/mol. The van der Waals surface area contributed by atoms with E-state index in [1.54, 1.807) is 7.05 Å². The van der Waals surface area contributed by atoms with Crippen molar-refractivity contribution in [2.24, 2.45) is 14.1 Å². The van der Waals surface area contributed by atoms with Gasteiger partial charge in [0.2, 0.25) is 0 Å². The summed E-state index contributed by atoms with van der Waals surface area (Å²) in [6.07, 6.45) is 0.581. The van der Waals surface area contributed by atoms with E-state index in [4.69, 9.17) is 4.74 Å². The minimum absolute atomic E-state index is 0.209. The standard InChI is InChI=1S/C15H22N6O3/c1-4-12-16-14(18-17-12)11-9-21(5-6-24-11)8-10-7-13(22)20(3)15(23)19(10)2/h7,11H,4-6,8-9H2,1-3H3,(H,16,17,18). The molecule has 130 valence electrons. The predicted octanol–water partition coefficient (Wildman–Crippen LogP) is -0.662. The van der Waals surface area contributed by atoms with Gasteiger partial charge in [0.15, 0.2) is 5.82 Å². The van der Waals surface area contributed by atoms with E-state index in [0.717, 1.165) is 23.4 Å². The first kappa shape index (κ1) is 16.6. The molecule has 9 nitrogen and oxygen atoms in total. The fraction of sp³-hybridized carbons (Fsp3) is 0.600. The second kappa shape index (κ2) is 6.70. The monoisotopic (exact) mass is 334 g/mol. The van der Waals surface area contributed by atoms with Crippen LogP contribution in [0.4, 0.5) is 0 Å². The van der Waals surface area contributed by atoms with Crippen molar-refractivity contribution in [3.05, 3.63) is 44.2 Å². The van der Waals surface area contributed by atoms with Gasteiger partial charge in [0, 0.05) is 51.9 Å². The number of nitrogens with zero attached hydrogens (tertiary/aromatic N) is 5. The second-order valence-electron chi connectivity index (χ2n) is 5.96. The Hall–Kier alpha value is -2.26. The number of ether oxygens (including phenoxy) is 1. The quantitative estimate of drug-likeness (QED) is 0.797. The maximum absolute atomic E-state index is 12.0. The van der Waals surface area contributed by atoms with Crippen LogP contribution in [0.5, 0.6) is 0 Å². The third kappa shape index (κ3) is 3.17. The van der Waals surface area contributed by atoms with Gasteiger partial charge >= 0.3 is 5.69 Å². The van der Waals surface area contributed by atoms with E-state index >= 15 is 0 Å². The van der Waals surface area contributed by atoms with E-state index < -0.39 is 0 Å². The first-order valence-electron chi connectivity index (χ1n) is 8.00. The summed E-state index contributed by atoms with van der Waals surface area (Å²) in [6.45, 7) is 4.41. The van der Waals surface area contributed by atoms with Crippen molar-refractivity contribution >= 4 is 0 Å². The molecule has 9 heteroatoms. The third-order valence-corrected chi connectivity index (χ3v) is 4.33. The summed E-state index contributed by atoms with van der Waals surface area (Å²) < 4.78 is 8.38. The van der Waals surface area contributed by atoms with Crippen LogP contribution in [0.1, 0.15) is 30.4 Å². The Labute approximate surface area is 138 Å². The lowest BCUT2D eigenvalue weighted by molar-refractivity contribution is -0.0377. The molecule has 0 saturated carbocycles. The molecule has 3 rings (SSSR count). The van der Waals surface area contributed by atoms with Crippen LogP contribution in [0, 0.1) is 0 Å². The van der Waals surface area contributed by atoms with Crippen LogP contribution in [0.15, 0.2) is 15.7 Å². The smallest absolute Gasteiger partial charge is 0.330 e. The second-order valence-corrected chi connectivity index (χ2v) is 5.96. The van der Waals surface area contributed by atoms with Crippen LogP contribution >= 0.6 is 0 Å². The van der Waals surface area contributed by atoms with Crippen LogP contribution in [0.3, 0.4) is 0 Å². The molecule has 3 heterocycles. The molecule has 0 aromatic carbocycles. The first-order chi connectivity index (χ1) is 11.5. The van der Waals surface area contributed by atoms with Crippen molar-refractivity contribution in [2.75, 3.05) is 19.7 Å². The van der Waals surface area contributed by atoms with Gasteiger partial charge in [0.1, 0.15) is 11.9 Å². The fourth-order valence-corrected chi connectivity index (χ4v) is 2.77. The Kier molecular flexibility index (Phi) is 4.63. The molecule has 1 fully saturated rings. The number of aryl methyl sites for hydroxylation is 1. The highest BCUT2D eigenvalue weighted by atomic mass is 16.5. The Morgan fingerprint density at radius 3 is 2.83 bits per heavy atom. The Balaban J connectivity index is 1.76. The molecule has 1 saturated heterocycles. The summed E-state index contributed by atoms with van der Waals surface area (Å²) in [5.41, 5.74) is 0.0799. The van der Waals surface area contributed by atoms with E-state index in [9.17, 15) is 9.59 Å². The lowest BCUT2D eigenvalue weighted by Crippen LogP contribution is -2.42. The lowest BCUT2D eigenvalue weighted by atomic mass is 10.2. The van der Waals surface area contributed by atoms with Crippen LogP contribution in [-0.2, 0) is 31.8 Å². The van der Waals surface area contributed by atoms with Crippen LogP contribution in [-0.4, -0.2) is 48.9 Å². The SMILES string of the molecule is CCc1nc(C2CN(Cc3cc(=O)n(C)c(=O)n3C)CCO2)n[nH]1. The maximum Gasteiger partial charge on any atom is 0.330 e. The Morgan fingerprint density at radius 2 is 2.12 bits per heavy atom. The number of H-pyrrole nitrogens is 1. The van der Waals surface area contributed by atoms with Gasteiger partial charge in [0.25, 0.3) is 5.56 Å². The van der Waals surface area contributed by atoms with Gasteiger partial charge in [-0.15, -0.1) is 0 Å². The molecule has 1 atom stereocenters. The summed E-state index contributed by atoms with van der Waals surface area (Å²) >= 11 is 0.